The molecule has 1 rings (SSSR count). The summed E-state index contributed by atoms with van der Waals surface area (Å²) in [5, 5.41) is 2.83. The molecule has 0 aromatic heterocycles. The Morgan fingerprint density at radius 1 is 1.00 bits per heavy atom. The van der Waals surface area contributed by atoms with Gasteiger partial charge in [-0.3, -0.25) is 4.79 Å². The number of esters is 1. The van der Waals surface area contributed by atoms with Crippen molar-refractivity contribution < 1.29 is 14.3 Å². The highest BCUT2D eigenvalue weighted by atomic mass is 16.5. The minimum atomic E-state index is -0.592. The van der Waals surface area contributed by atoms with Crippen molar-refractivity contribution in [2.75, 3.05) is 7.11 Å². The molecular formula is C20H31NO3. The lowest BCUT2D eigenvalue weighted by Crippen LogP contribution is -2.44. The number of methoxy groups -OCH3 is 1. The van der Waals surface area contributed by atoms with Gasteiger partial charge in [0.25, 0.3) is 0 Å². The van der Waals surface area contributed by atoms with Crippen LogP contribution in [0, 0.1) is 11.8 Å². The molecule has 0 spiro atoms. The van der Waals surface area contributed by atoms with E-state index in [9.17, 15) is 9.59 Å². The lowest BCUT2D eigenvalue weighted by atomic mass is 9.95. The second-order valence-corrected chi connectivity index (χ2v) is 7.28. The van der Waals surface area contributed by atoms with E-state index in [0.717, 1.165) is 12.0 Å². The van der Waals surface area contributed by atoms with Crippen LogP contribution in [0.3, 0.4) is 0 Å². The van der Waals surface area contributed by atoms with E-state index in [0.29, 0.717) is 18.3 Å². The summed E-state index contributed by atoms with van der Waals surface area (Å²) in [4.78, 5) is 24.4. The number of ether oxygens (including phenoxy) is 1. The fourth-order valence-corrected chi connectivity index (χ4v) is 2.69. The summed E-state index contributed by atoms with van der Waals surface area (Å²) in [6, 6.07) is 7.55. The minimum Gasteiger partial charge on any atom is -0.467 e. The third-order valence-corrected chi connectivity index (χ3v) is 4.03. The molecule has 1 N–H and O–H groups in total. The molecule has 4 nitrogen and oxygen atoms in total. The zero-order valence-corrected chi connectivity index (χ0v) is 15.8. The molecule has 0 aliphatic carbocycles. The summed E-state index contributed by atoms with van der Waals surface area (Å²) < 4.78 is 4.80. The van der Waals surface area contributed by atoms with Crippen LogP contribution in [0.2, 0.25) is 0 Å². The molecule has 1 unspecified atom stereocenters. The average molecular weight is 333 g/mol. The Balaban J connectivity index is 2.76. The third kappa shape index (κ3) is 6.34. The SMILES string of the molecule is COC(=O)[C@H](CC(C)C)NC(=O)C(C)c1ccc(CC(C)C)cc1. The van der Waals surface area contributed by atoms with Gasteiger partial charge in [-0.25, -0.2) is 4.79 Å². The molecule has 0 heterocycles. The molecule has 0 radical (unpaired) electrons. The Morgan fingerprint density at radius 3 is 2.04 bits per heavy atom. The third-order valence-electron chi connectivity index (χ3n) is 4.03. The quantitative estimate of drug-likeness (QED) is 0.738. The fraction of sp³-hybridized carbons (Fsp3) is 0.600. The lowest BCUT2D eigenvalue weighted by molar-refractivity contribution is -0.145. The highest BCUT2D eigenvalue weighted by molar-refractivity contribution is 5.88. The summed E-state index contributed by atoms with van der Waals surface area (Å²) in [6.45, 7) is 10.3. The van der Waals surface area contributed by atoms with Crippen molar-refractivity contribution in [3.63, 3.8) is 0 Å². The Labute approximate surface area is 146 Å². The van der Waals surface area contributed by atoms with Crippen LogP contribution in [0.1, 0.15) is 58.1 Å². The van der Waals surface area contributed by atoms with Gasteiger partial charge in [0.1, 0.15) is 6.04 Å². The molecule has 1 aromatic rings. The van der Waals surface area contributed by atoms with Crippen LogP contribution in [-0.4, -0.2) is 25.0 Å². The first-order valence-electron chi connectivity index (χ1n) is 8.71. The van der Waals surface area contributed by atoms with Crippen molar-refractivity contribution in [2.24, 2.45) is 11.8 Å². The molecule has 0 saturated carbocycles. The largest absolute Gasteiger partial charge is 0.467 e. The van der Waals surface area contributed by atoms with Crippen LogP contribution in [0.25, 0.3) is 0 Å². The van der Waals surface area contributed by atoms with Gasteiger partial charge in [-0.1, -0.05) is 52.0 Å². The van der Waals surface area contributed by atoms with E-state index in [1.165, 1.54) is 12.7 Å². The van der Waals surface area contributed by atoms with Crippen LogP contribution in [0.15, 0.2) is 24.3 Å². The van der Waals surface area contributed by atoms with E-state index in [4.69, 9.17) is 4.74 Å². The molecule has 134 valence electrons. The summed E-state index contributed by atoms with van der Waals surface area (Å²) in [6.07, 6.45) is 1.60. The molecule has 0 bridgehead atoms. The summed E-state index contributed by atoms with van der Waals surface area (Å²) >= 11 is 0. The van der Waals surface area contributed by atoms with Gasteiger partial charge in [0.15, 0.2) is 0 Å². The average Bonchev–Trinajstić information content (AvgIpc) is 2.52. The van der Waals surface area contributed by atoms with Crippen LogP contribution < -0.4 is 5.32 Å². The number of amides is 1. The van der Waals surface area contributed by atoms with Crippen molar-refractivity contribution in [3.05, 3.63) is 35.4 Å². The number of benzene rings is 1. The molecule has 0 fully saturated rings. The van der Waals surface area contributed by atoms with Crippen LogP contribution in [0.4, 0.5) is 0 Å². The van der Waals surface area contributed by atoms with E-state index < -0.39 is 12.0 Å². The first-order chi connectivity index (χ1) is 11.2. The highest BCUT2D eigenvalue weighted by Gasteiger charge is 2.25. The van der Waals surface area contributed by atoms with Gasteiger partial charge < -0.3 is 10.1 Å². The van der Waals surface area contributed by atoms with E-state index in [-0.39, 0.29) is 11.8 Å². The molecule has 1 aromatic carbocycles. The number of rotatable bonds is 8. The van der Waals surface area contributed by atoms with Crippen molar-refractivity contribution in [3.8, 4) is 0 Å². The van der Waals surface area contributed by atoms with E-state index in [1.54, 1.807) is 0 Å². The van der Waals surface area contributed by atoms with Gasteiger partial charge in [0, 0.05) is 0 Å². The van der Waals surface area contributed by atoms with Gasteiger partial charge in [-0.05, 0) is 42.7 Å². The summed E-state index contributed by atoms with van der Waals surface area (Å²) in [5.74, 6) is 0.0463. The first kappa shape index (κ1) is 20.2. The summed E-state index contributed by atoms with van der Waals surface area (Å²) in [7, 11) is 1.35. The maximum atomic E-state index is 12.5. The number of carbonyl (C=O) groups is 2. The maximum Gasteiger partial charge on any atom is 0.328 e. The minimum absolute atomic E-state index is 0.150. The topological polar surface area (TPSA) is 55.4 Å². The molecule has 24 heavy (non-hydrogen) atoms. The zero-order chi connectivity index (χ0) is 18.3. The second-order valence-electron chi connectivity index (χ2n) is 7.28. The van der Waals surface area contributed by atoms with E-state index in [2.05, 4.69) is 31.3 Å². The highest BCUT2D eigenvalue weighted by Crippen LogP contribution is 2.18. The number of nitrogens with one attached hydrogen (secondary N) is 1. The van der Waals surface area contributed by atoms with E-state index >= 15 is 0 Å². The van der Waals surface area contributed by atoms with Crippen molar-refractivity contribution in [1.29, 1.82) is 0 Å². The van der Waals surface area contributed by atoms with Gasteiger partial charge >= 0.3 is 5.97 Å². The Morgan fingerprint density at radius 2 is 1.58 bits per heavy atom. The number of hydrogen-bond donors (Lipinski definition) is 1. The standard InChI is InChI=1S/C20H31NO3/c1-13(2)11-16-7-9-17(10-8-16)15(5)19(22)21-18(12-14(3)4)20(23)24-6/h7-10,13-15,18H,11-12H2,1-6H3,(H,21,22)/t15?,18-/m0/s1. The second kappa shape index (κ2) is 9.45. The lowest BCUT2D eigenvalue weighted by Gasteiger charge is -2.21. The van der Waals surface area contributed by atoms with Gasteiger partial charge in [-0.2, -0.15) is 0 Å². The number of carbonyl (C=O) groups excluding carboxylic acids is 2. The number of hydrogen-bond acceptors (Lipinski definition) is 3. The predicted molar refractivity (Wildman–Crippen MR) is 96.8 cm³/mol. The van der Waals surface area contributed by atoms with Crippen LogP contribution in [-0.2, 0) is 20.7 Å². The predicted octanol–water partition coefficient (Wildman–Crippen LogP) is 3.69. The Hall–Kier alpha value is -1.84. The normalized spacial score (nSPS) is 13.7. The Kier molecular flexibility index (Phi) is 7.96. The molecule has 1 amide bonds. The molecule has 4 heteroatoms. The molecule has 0 saturated heterocycles. The van der Waals surface area contributed by atoms with Gasteiger partial charge in [-0.15, -0.1) is 0 Å². The smallest absolute Gasteiger partial charge is 0.328 e. The van der Waals surface area contributed by atoms with Crippen molar-refractivity contribution >= 4 is 11.9 Å². The molecule has 0 aliphatic heterocycles. The van der Waals surface area contributed by atoms with Crippen molar-refractivity contribution in [1.82, 2.24) is 5.32 Å². The van der Waals surface area contributed by atoms with Gasteiger partial charge in [0.05, 0.1) is 13.0 Å². The Bertz CT molecular complexity index is 534. The fourth-order valence-electron chi connectivity index (χ4n) is 2.69. The zero-order valence-electron chi connectivity index (χ0n) is 15.8. The van der Waals surface area contributed by atoms with Crippen LogP contribution in [0.5, 0.6) is 0 Å². The summed E-state index contributed by atoms with van der Waals surface area (Å²) in [5.41, 5.74) is 2.22. The molecule has 0 aliphatic rings. The van der Waals surface area contributed by atoms with E-state index in [1.807, 2.05) is 32.9 Å². The first-order valence-corrected chi connectivity index (χ1v) is 8.71. The van der Waals surface area contributed by atoms with Gasteiger partial charge in [0.2, 0.25) is 5.91 Å². The maximum absolute atomic E-state index is 12.5. The molecular weight excluding hydrogens is 302 g/mol. The monoisotopic (exact) mass is 333 g/mol. The van der Waals surface area contributed by atoms with Crippen LogP contribution >= 0.6 is 0 Å². The molecule has 2 atom stereocenters. The van der Waals surface area contributed by atoms with Crippen molar-refractivity contribution in [2.45, 2.75) is 59.4 Å².